The number of ether oxygens (including phenoxy) is 1. The van der Waals surface area contributed by atoms with Crippen molar-refractivity contribution >= 4 is 16.8 Å². The highest BCUT2D eigenvalue weighted by Gasteiger charge is 2.12. The van der Waals surface area contributed by atoms with Crippen LogP contribution >= 0.6 is 0 Å². The molecule has 0 spiro atoms. The molecular formula is C18H24N2O2. The van der Waals surface area contributed by atoms with Crippen molar-refractivity contribution in [1.29, 1.82) is 0 Å². The van der Waals surface area contributed by atoms with Crippen LogP contribution in [0.3, 0.4) is 0 Å². The minimum absolute atomic E-state index is 0.0415. The fourth-order valence-electron chi connectivity index (χ4n) is 2.60. The molecule has 22 heavy (non-hydrogen) atoms. The van der Waals surface area contributed by atoms with Gasteiger partial charge in [0, 0.05) is 30.8 Å². The molecule has 0 aliphatic heterocycles. The predicted octanol–water partition coefficient (Wildman–Crippen LogP) is 2.94. The molecule has 0 fully saturated rings. The van der Waals surface area contributed by atoms with E-state index in [-0.39, 0.29) is 5.91 Å². The van der Waals surface area contributed by atoms with Gasteiger partial charge in [-0.3, -0.25) is 9.78 Å². The van der Waals surface area contributed by atoms with E-state index >= 15 is 0 Å². The lowest BCUT2D eigenvalue weighted by molar-refractivity contribution is -0.120. The maximum atomic E-state index is 12.1. The van der Waals surface area contributed by atoms with Crippen molar-refractivity contribution in [2.24, 2.45) is 0 Å². The lowest BCUT2D eigenvalue weighted by Gasteiger charge is -2.12. The highest BCUT2D eigenvalue weighted by Crippen LogP contribution is 2.22. The number of benzene rings is 1. The molecule has 1 N–H and O–H groups in total. The molecule has 118 valence electrons. The van der Waals surface area contributed by atoms with Gasteiger partial charge in [0.05, 0.1) is 11.9 Å². The lowest BCUT2D eigenvalue weighted by atomic mass is 9.99. The Morgan fingerprint density at radius 1 is 1.27 bits per heavy atom. The number of hydrogen-bond donors (Lipinski definition) is 1. The van der Waals surface area contributed by atoms with E-state index < -0.39 is 0 Å². The van der Waals surface area contributed by atoms with Gasteiger partial charge < -0.3 is 10.1 Å². The number of aryl methyl sites for hydroxylation is 2. The Morgan fingerprint density at radius 3 is 2.82 bits per heavy atom. The van der Waals surface area contributed by atoms with Crippen LogP contribution in [0.5, 0.6) is 0 Å². The Balaban J connectivity index is 2.03. The number of carbonyl (C=O) groups is 1. The Hall–Kier alpha value is -1.94. The Kier molecular flexibility index (Phi) is 5.90. The molecule has 0 aliphatic carbocycles. The minimum Gasteiger partial charge on any atom is -0.382 e. The zero-order valence-electron chi connectivity index (χ0n) is 13.6. The number of hydrogen-bond acceptors (Lipinski definition) is 3. The van der Waals surface area contributed by atoms with Crippen LogP contribution in [-0.4, -0.2) is 30.6 Å². The molecule has 0 atom stereocenters. The number of fused-ring (bicyclic) bond motifs is 1. The zero-order valence-corrected chi connectivity index (χ0v) is 13.6. The van der Waals surface area contributed by atoms with Crippen molar-refractivity contribution in [1.82, 2.24) is 10.3 Å². The fourth-order valence-corrected chi connectivity index (χ4v) is 2.60. The third kappa shape index (κ3) is 4.04. The van der Waals surface area contributed by atoms with E-state index in [1.54, 1.807) is 0 Å². The van der Waals surface area contributed by atoms with Gasteiger partial charge in [0.2, 0.25) is 5.91 Å². The van der Waals surface area contributed by atoms with E-state index in [0.717, 1.165) is 40.8 Å². The van der Waals surface area contributed by atoms with Crippen molar-refractivity contribution in [3.8, 4) is 0 Å². The third-order valence-electron chi connectivity index (χ3n) is 3.81. The van der Waals surface area contributed by atoms with Gasteiger partial charge in [-0.05, 0) is 44.4 Å². The van der Waals surface area contributed by atoms with Gasteiger partial charge in [0.15, 0.2) is 0 Å². The van der Waals surface area contributed by atoms with Gasteiger partial charge >= 0.3 is 0 Å². The fraction of sp³-hybridized carbons (Fsp3) is 0.444. The summed E-state index contributed by atoms with van der Waals surface area (Å²) < 4.78 is 5.26. The van der Waals surface area contributed by atoms with E-state index in [9.17, 15) is 4.79 Å². The van der Waals surface area contributed by atoms with E-state index in [1.807, 2.05) is 32.0 Å². The first-order valence-electron chi connectivity index (χ1n) is 7.82. The molecule has 4 heteroatoms. The number of rotatable bonds is 7. The van der Waals surface area contributed by atoms with Crippen molar-refractivity contribution in [3.63, 3.8) is 0 Å². The summed E-state index contributed by atoms with van der Waals surface area (Å²) in [5.41, 5.74) is 4.09. The molecule has 0 saturated carbocycles. The van der Waals surface area contributed by atoms with Gasteiger partial charge in [-0.15, -0.1) is 0 Å². The maximum absolute atomic E-state index is 12.1. The van der Waals surface area contributed by atoms with Crippen LogP contribution in [0.25, 0.3) is 10.9 Å². The van der Waals surface area contributed by atoms with Crippen molar-refractivity contribution in [3.05, 3.63) is 41.1 Å². The summed E-state index contributed by atoms with van der Waals surface area (Å²) in [6.45, 7) is 8.06. The molecule has 1 aromatic carbocycles. The van der Waals surface area contributed by atoms with Crippen LogP contribution in [-0.2, 0) is 16.0 Å². The number of para-hydroxylation sites is 1. The van der Waals surface area contributed by atoms with E-state index in [1.165, 1.54) is 0 Å². The number of nitrogens with one attached hydrogen (secondary N) is 1. The van der Waals surface area contributed by atoms with Crippen LogP contribution in [0.15, 0.2) is 24.3 Å². The molecular weight excluding hydrogens is 276 g/mol. The number of pyridine rings is 1. The quantitative estimate of drug-likeness (QED) is 0.800. The summed E-state index contributed by atoms with van der Waals surface area (Å²) in [7, 11) is 0. The Labute approximate surface area is 131 Å². The second-order valence-electron chi connectivity index (χ2n) is 5.40. The molecule has 0 aliphatic rings. The highest BCUT2D eigenvalue weighted by molar-refractivity contribution is 5.86. The summed E-state index contributed by atoms with van der Waals surface area (Å²) in [5.74, 6) is 0.0415. The molecule has 1 amide bonds. The molecule has 0 unspecified atom stereocenters. The lowest BCUT2D eigenvalue weighted by Crippen LogP contribution is -2.27. The summed E-state index contributed by atoms with van der Waals surface area (Å²) in [6, 6.07) is 8.05. The predicted molar refractivity (Wildman–Crippen MR) is 89.0 cm³/mol. The molecule has 4 nitrogen and oxygen atoms in total. The van der Waals surface area contributed by atoms with Crippen LogP contribution in [0.1, 0.15) is 30.2 Å². The standard InChI is InChI=1S/C18H24N2O2/c1-4-22-11-7-10-19-18(21)12-16-13(2)15-8-5-6-9-17(15)20-14(16)3/h5-6,8-9H,4,7,10-12H2,1-3H3,(H,19,21). The summed E-state index contributed by atoms with van der Waals surface area (Å²) in [4.78, 5) is 16.7. The van der Waals surface area contributed by atoms with E-state index in [4.69, 9.17) is 4.74 Å². The van der Waals surface area contributed by atoms with Crippen molar-refractivity contribution in [2.45, 2.75) is 33.6 Å². The van der Waals surface area contributed by atoms with Gasteiger partial charge in [-0.1, -0.05) is 18.2 Å². The second-order valence-corrected chi connectivity index (χ2v) is 5.40. The first-order chi connectivity index (χ1) is 10.6. The Bertz CT molecular complexity index is 653. The van der Waals surface area contributed by atoms with E-state index in [2.05, 4.69) is 23.3 Å². The summed E-state index contributed by atoms with van der Waals surface area (Å²) in [5, 5.41) is 4.06. The monoisotopic (exact) mass is 300 g/mol. The average molecular weight is 300 g/mol. The van der Waals surface area contributed by atoms with Gasteiger partial charge in [0.25, 0.3) is 0 Å². The highest BCUT2D eigenvalue weighted by atomic mass is 16.5. The second kappa shape index (κ2) is 7.90. The molecule has 0 bridgehead atoms. The van der Waals surface area contributed by atoms with Gasteiger partial charge in [-0.2, -0.15) is 0 Å². The molecule has 2 rings (SSSR count). The molecule has 0 radical (unpaired) electrons. The SMILES string of the molecule is CCOCCCNC(=O)Cc1c(C)nc2ccccc2c1C. The topological polar surface area (TPSA) is 51.2 Å². The van der Waals surface area contributed by atoms with Crippen molar-refractivity contribution < 1.29 is 9.53 Å². The number of carbonyl (C=O) groups excluding carboxylic acids is 1. The van der Waals surface area contributed by atoms with Gasteiger partial charge in [-0.25, -0.2) is 0 Å². The Morgan fingerprint density at radius 2 is 2.05 bits per heavy atom. The third-order valence-corrected chi connectivity index (χ3v) is 3.81. The van der Waals surface area contributed by atoms with Crippen molar-refractivity contribution in [2.75, 3.05) is 19.8 Å². The minimum atomic E-state index is 0.0415. The summed E-state index contributed by atoms with van der Waals surface area (Å²) >= 11 is 0. The molecule has 1 heterocycles. The smallest absolute Gasteiger partial charge is 0.224 e. The largest absolute Gasteiger partial charge is 0.382 e. The normalized spacial score (nSPS) is 10.9. The van der Waals surface area contributed by atoms with Crippen LogP contribution in [0, 0.1) is 13.8 Å². The van der Waals surface area contributed by atoms with Crippen LogP contribution < -0.4 is 5.32 Å². The molecule has 0 saturated heterocycles. The zero-order chi connectivity index (χ0) is 15.9. The molecule has 2 aromatic rings. The number of amides is 1. The molecule has 1 aromatic heterocycles. The first-order valence-corrected chi connectivity index (χ1v) is 7.82. The van der Waals surface area contributed by atoms with Crippen LogP contribution in [0.2, 0.25) is 0 Å². The number of aromatic nitrogens is 1. The van der Waals surface area contributed by atoms with Gasteiger partial charge in [0.1, 0.15) is 0 Å². The summed E-state index contributed by atoms with van der Waals surface area (Å²) in [6.07, 6.45) is 1.22. The average Bonchev–Trinajstić information content (AvgIpc) is 2.51. The number of nitrogens with zero attached hydrogens (tertiary/aromatic N) is 1. The first kappa shape index (κ1) is 16.4. The van der Waals surface area contributed by atoms with Crippen LogP contribution in [0.4, 0.5) is 0 Å². The van der Waals surface area contributed by atoms with E-state index in [0.29, 0.717) is 19.6 Å². The maximum Gasteiger partial charge on any atom is 0.224 e.